The first-order chi connectivity index (χ1) is 10.5. The van der Waals surface area contributed by atoms with Gasteiger partial charge in [-0.15, -0.1) is 0 Å². The smallest absolute Gasteiger partial charge is 0.407 e. The van der Waals surface area contributed by atoms with E-state index >= 15 is 0 Å². The normalized spacial score (nSPS) is 9.82. The van der Waals surface area contributed by atoms with Gasteiger partial charge in [0.1, 0.15) is 0 Å². The predicted octanol–water partition coefficient (Wildman–Crippen LogP) is 1.78. The summed E-state index contributed by atoms with van der Waals surface area (Å²) in [5.41, 5.74) is 0.481. The van der Waals surface area contributed by atoms with Crippen LogP contribution in [0.2, 0.25) is 0 Å². The van der Waals surface area contributed by atoms with E-state index in [-0.39, 0.29) is 12.5 Å². The minimum absolute atomic E-state index is 0.254. The minimum atomic E-state index is -0.502. The Bertz CT molecular complexity index is 536. The average molecular weight is 422 g/mol. The second-order valence-corrected chi connectivity index (χ2v) is 5.25. The average Bonchev–Trinajstić information content (AvgIpc) is 2.51. The molecule has 0 aliphatic rings. The molecule has 2 amide bonds. The zero-order chi connectivity index (χ0) is 16.5. The fourth-order valence-electron chi connectivity index (χ4n) is 1.65. The van der Waals surface area contributed by atoms with Crippen LogP contribution in [0.1, 0.15) is 17.3 Å². The van der Waals surface area contributed by atoms with Gasteiger partial charge >= 0.3 is 6.09 Å². The molecule has 1 aromatic carbocycles. The molecule has 0 bridgehead atoms. The first kappa shape index (κ1) is 18.3. The molecule has 0 unspecified atom stereocenters. The molecule has 0 radical (unpaired) electrons. The summed E-state index contributed by atoms with van der Waals surface area (Å²) in [6.45, 7) is 2.61. The van der Waals surface area contributed by atoms with Crippen LogP contribution in [0, 0.1) is 3.57 Å². The Hall–Kier alpha value is -1.71. The van der Waals surface area contributed by atoms with Crippen molar-refractivity contribution < 1.29 is 23.8 Å². The number of methoxy groups -OCH3 is 2. The van der Waals surface area contributed by atoms with Gasteiger partial charge in [-0.1, -0.05) is 0 Å². The molecule has 0 saturated carbocycles. The van der Waals surface area contributed by atoms with Gasteiger partial charge in [-0.05, 0) is 41.6 Å². The lowest BCUT2D eigenvalue weighted by molar-refractivity contribution is 0.0951. The van der Waals surface area contributed by atoms with E-state index in [0.29, 0.717) is 30.2 Å². The maximum Gasteiger partial charge on any atom is 0.407 e. The summed E-state index contributed by atoms with van der Waals surface area (Å²) >= 11 is 2.05. The molecule has 1 rings (SSSR count). The van der Waals surface area contributed by atoms with E-state index in [4.69, 9.17) is 14.2 Å². The van der Waals surface area contributed by atoms with Gasteiger partial charge in [0.2, 0.25) is 0 Å². The lowest BCUT2D eigenvalue weighted by Gasteiger charge is -2.12. The van der Waals surface area contributed by atoms with Crippen LogP contribution in [0.25, 0.3) is 0 Å². The highest BCUT2D eigenvalue weighted by Gasteiger charge is 2.15. The number of benzene rings is 1. The summed E-state index contributed by atoms with van der Waals surface area (Å²) in [6, 6.07) is 3.35. The van der Waals surface area contributed by atoms with Crippen molar-refractivity contribution in [1.82, 2.24) is 10.6 Å². The van der Waals surface area contributed by atoms with Crippen LogP contribution in [-0.2, 0) is 4.74 Å². The zero-order valence-electron chi connectivity index (χ0n) is 12.7. The van der Waals surface area contributed by atoms with E-state index in [1.807, 2.05) is 0 Å². The summed E-state index contributed by atoms with van der Waals surface area (Å²) in [5, 5.41) is 5.24. The van der Waals surface area contributed by atoms with Crippen molar-refractivity contribution in [2.75, 3.05) is 33.9 Å². The van der Waals surface area contributed by atoms with Gasteiger partial charge in [-0.3, -0.25) is 4.79 Å². The molecule has 0 aliphatic heterocycles. The van der Waals surface area contributed by atoms with Gasteiger partial charge in [0.15, 0.2) is 11.5 Å². The lowest BCUT2D eigenvalue weighted by Crippen LogP contribution is -2.35. The van der Waals surface area contributed by atoms with Gasteiger partial charge < -0.3 is 24.8 Å². The van der Waals surface area contributed by atoms with Crippen LogP contribution in [0.3, 0.4) is 0 Å². The number of carbonyl (C=O) groups excluding carboxylic acids is 2. The van der Waals surface area contributed by atoms with Crippen LogP contribution >= 0.6 is 22.6 Å². The van der Waals surface area contributed by atoms with E-state index in [1.165, 1.54) is 14.2 Å². The number of nitrogens with one attached hydrogen (secondary N) is 2. The van der Waals surface area contributed by atoms with E-state index < -0.39 is 6.09 Å². The monoisotopic (exact) mass is 422 g/mol. The third-order valence-electron chi connectivity index (χ3n) is 2.67. The van der Waals surface area contributed by atoms with Gasteiger partial charge in [0, 0.05) is 16.7 Å². The fourth-order valence-corrected chi connectivity index (χ4v) is 2.33. The molecule has 0 aromatic heterocycles. The Labute approximate surface area is 142 Å². The quantitative estimate of drug-likeness (QED) is 0.517. The molecule has 0 fully saturated rings. The molecule has 0 heterocycles. The first-order valence-corrected chi connectivity index (χ1v) is 7.71. The van der Waals surface area contributed by atoms with Crippen molar-refractivity contribution in [3.63, 3.8) is 0 Å². The van der Waals surface area contributed by atoms with Gasteiger partial charge in [-0.25, -0.2) is 4.79 Å². The van der Waals surface area contributed by atoms with Crippen LogP contribution in [0.15, 0.2) is 12.1 Å². The van der Waals surface area contributed by atoms with E-state index in [2.05, 4.69) is 33.2 Å². The SMILES string of the molecule is CCOC(=O)NCCNC(=O)c1cc(OC)c(OC)cc1I. The van der Waals surface area contributed by atoms with E-state index in [0.717, 1.165) is 3.57 Å². The Kier molecular flexibility index (Phi) is 7.78. The number of halogens is 1. The molecule has 22 heavy (non-hydrogen) atoms. The van der Waals surface area contributed by atoms with E-state index in [9.17, 15) is 9.59 Å². The predicted molar refractivity (Wildman–Crippen MR) is 89.6 cm³/mol. The number of hydrogen-bond donors (Lipinski definition) is 2. The number of amides is 2. The number of carbonyl (C=O) groups is 2. The summed E-state index contributed by atoms with van der Waals surface area (Å²) in [4.78, 5) is 23.2. The highest BCUT2D eigenvalue weighted by molar-refractivity contribution is 14.1. The third kappa shape index (κ3) is 5.24. The Morgan fingerprint density at radius 3 is 2.27 bits per heavy atom. The molecule has 8 heteroatoms. The molecule has 1 aromatic rings. The molecule has 2 N–H and O–H groups in total. The van der Waals surface area contributed by atoms with E-state index in [1.54, 1.807) is 19.1 Å². The maximum atomic E-state index is 12.1. The lowest BCUT2D eigenvalue weighted by atomic mass is 10.2. The zero-order valence-corrected chi connectivity index (χ0v) is 14.9. The van der Waals surface area contributed by atoms with Crippen molar-refractivity contribution in [3.8, 4) is 11.5 Å². The molecule has 0 atom stereocenters. The van der Waals surface area contributed by atoms with Crippen molar-refractivity contribution in [2.45, 2.75) is 6.92 Å². The van der Waals surface area contributed by atoms with Crippen molar-refractivity contribution in [2.24, 2.45) is 0 Å². The Morgan fingerprint density at radius 1 is 1.09 bits per heavy atom. The van der Waals surface area contributed by atoms with Crippen molar-refractivity contribution >= 4 is 34.6 Å². The van der Waals surface area contributed by atoms with Gasteiger partial charge in [0.05, 0.1) is 26.4 Å². The molecule has 122 valence electrons. The van der Waals surface area contributed by atoms with Crippen LogP contribution in [0.5, 0.6) is 11.5 Å². The van der Waals surface area contributed by atoms with Crippen molar-refractivity contribution in [1.29, 1.82) is 0 Å². The molecule has 0 aliphatic carbocycles. The van der Waals surface area contributed by atoms with Crippen LogP contribution < -0.4 is 20.1 Å². The van der Waals surface area contributed by atoms with Gasteiger partial charge in [-0.2, -0.15) is 0 Å². The minimum Gasteiger partial charge on any atom is -0.493 e. The molecule has 0 saturated heterocycles. The molecule has 7 nitrogen and oxygen atoms in total. The topological polar surface area (TPSA) is 85.9 Å². The highest BCUT2D eigenvalue weighted by atomic mass is 127. The molecular weight excluding hydrogens is 403 g/mol. The number of ether oxygens (including phenoxy) is 3. The highest BCUT2D eigenvalue weighted by Crippen LogP contribution is 2.31. The number of alkyl carbamates (subject to hydrolysis) is 1. The number of hydrogen-bond acceptors (Lipinski definition) is 5. The maximum absolute atomic E-state index is 12.1. The largest absolute Gasteiger partial charge is 0.493 e. The third-order valence-corrected chi connectivity index (χ3v) is 3.57. The summed E-state index contributed by atoms with van der Waals surface area (Å²) in [5.74, 6) is 0.793. The van der Waals surface area contributed by atoms with Crippen LogP contribution in [-0.4, -0.2) is 45.9 Å². The second-order valence-electron chi connectivity index (χ2n) is 4.09. The fraction of sp³-hybridized carbons (Fsp3) is 0.429. The van der Waals surface area contributed by atoms with Gasteiger partial charge in [0.25, 0.3) is 5.91 Å². The Balaban J connectivity index is 2.60. The first-order valence-electron chi connectivity index (χ1n) is 6.63. The summed E-state index contributed by atoms with van der Waals surface area (Å²) in [6.07, 6.45) is -0.502. The molecule has 0 spiro atoms. The van der Waals surface area contributed by atoms with Crippen molar-refractivity contribution in [3.05, 3.63) is 21.3 Å². The standard InChI is InChI=1S/C14H19IN2O5/c1-4-22-14(19)17-6-5-16-13(18)9-7-11(20-2)12(21-3)8-10(9)15/h7-8H,4-6H2,1-3H3,(H,16,18)(H,17,19). The Morgan fingerprint density at radius 2 is 1.68 bits per heavy atom. The van der Waals surface area contributed by atoms with Crippen LogP contribution in [0.4, 0.5) is 4.79 Å². The number of rotatable bonds is 7. The summed E-state index contributed by atoms with van der Waals surface area (Å²) in [7, 11) is 3.05. The summed E-state index contributed by atoms with van der Waals surface area (Å²) < 4.78 is 15.8. The second kappa shape index (κ2) is 9.34. The molecular formula is C14H19IN2O5.